The number of aromatic nitrogens is 3. The van der Waals surface area contributed by atoms with Gasteiger partial charge in [-0.05, 0) is 35.9 Å². The van der Waals surface area contributed by atoms with Gasteiger partial charge in [0.15, 0.2) is 0 Å². The summed E-state index contributed by atoms with van der Waals surface area (Å²) in [7, 11) is 0. The van der Waals surface area contributed by atoms with Crippen molar-refractivity contribution in [2.75, 3.05) is 0 Å². The SMILES string of the molecule is O=c1c(Cc2ccccc2)c([O-])[n+](-c2ccc(Cl)cc2)c2ccc(-c3ccccc3)nn12. The number of hydrogen-bond donors (Lipinski definition) is 0. The first-order chi connectivity index (χ1) is 15.6. The van der Waals surface area contributed by atoms with E-state index in [4.69, 9.17) is 11.6 Å². The van der Waals surface area contributed by atoms with E-state index in [0.717, 1.165) is 11.1 Å². The molecule has 0 atom stereocenters. The second kappa shape index (κ2) is 8.29. The standard InChI is InChI=1S/C26H18ClN3O2/c27-20-11-13-21(14-12-20)29-24-16-15-23(19-9-5-2-6-10-19)28-30(24)26(32)22(25(29)31)17-18-7-3-1-4-8-18/h1-16H,17H2. The topological polar surface area (TPSA) is 61.3 Å². The minimum atomic E-state index is -0.420. The highest BCUT2D eigenvalue weighted by atomic mass is 35.5. The minimum absolute atomic E-state index is 0.154. The lowest BCUT2D eigenvalue weighted by molar-refractivity contribution is -0.632. The van der Waals surface area contributed by atoms with Crippen molar-refractivity contribution < 1.29 is 9.67 Å². The van der Waals surface area contributed by atoms with Gasteiger partial charge < -0.3 is 5.11 Å². The van der Waals surface area contributed by atoms with Crippen molar-refractivity contribution >= 4 is 17.2 Å². The number of halogens is 1. The van der Waals surface area contributed by atoms with Crippen LogP contribution in [0.25, 0.3) is 22.6 Å². The molecule has 0 bridgehead atoms. The van der Waals surface area contributed by atoms with Gasteiger partial charge in [0.2, 0.25) is 0 Å². The first kappa shape index (κ1) is 20.0. The second-order valence-electron chi connectivity index (χ2n) is 7.42. The molecule has 0 N–H and O–H groups in total. The fourth-order valence-electron chi connectivity index (χ4n) is 3.75. The maximum atomic E-state index is 13.5. The molecule has 0 radical (unpaired) electrons. The summed E-state index contributed by atoms with van der Waals surface area (Å²) in [6.45, 7) is 0. The van der Waals surface area contributed by atoms with Crippen LogP contribution in [0.5, 0.6) is 5.88 Å². The van der Waals surface area contributed by atoms with E-state index in [2.05, 4.69) is 5.10 Å². The molecule has 6 heteroatoms. The molecule has 2 heterocycles. The third-order valence-electron chi connectivity index (χ3n) is 5.33. The Morgan fingerprint density at radius 3 is 2.19 bits per heavy atom. The molecule has 0 aliphatic rings. The third kappa shape index (κ3) is 3.63. The Morgan fingerprint density at radius 1 is 0.844 bits per heavy atom. The molecule has 0 amide bonds. The molecule has 0 unspecified atom stereocenters. The molecule has 32 heavy (non-hydrogen) atoms. The predicted octanol–water partition coefficient (Wildman–Crippen LogP) is 3.96. The largest absolute Gasteiger partial charge is 0.842 e. The molecule has 5 aromatic rings. The third-order valence-corrected chi connectivity index (χ3v) is 5.59. The van der Waals surface area contributed by atoms with Crippen molar-refractivity contribution in [3.63, 3.8) is 0 Å². The lowest BCUT2D eigenvalue weighted by Crippen LogP contribution is -2.43. The van der Waals surface area contributed by atoms with E-state index in [0.29, 0.717) is 22.1 Å². The molecule has 0 aliphatic heterocycles. The highest BCUT2D eigenvalue weighted by molar-refractivity contribution is 6.30. The maximum absolute atomic E-state index is 13.5. The molecule has 2 aromatic heterocycles. The molecular formula is C26H18ClN3O2. The first-order valence-electron chi connectivity index (χ1n) is 10.1. The van der Waals surface area contributed by atoms with Crippen LogP contribution < -0.4 is 15.2 Å². The Labute approximate surface area is 189 Å². The van der Waals surface area contributed by atoms with Gasteiger partial charge in [-0.15, -0.1) is 0 Å². The van der Waals surface area contributed by atoms with Crippen LogP contribution in [0.1, 0.15) is 11.1 Å². The first-order valence-corrected chi connectivity index (χ1v) is 10.5. The average molecular weight is 440 g/mol. The van der Waals surface area contributed by atoms with E-state index in [-0.39, 0.29) is 17.9 Å². The van der Waals surface area contributed by atoms with Crippen molar-refractivity contribution in [3.05, 3.63) is 124 Å². The van der Waals surface area contributed by atoms with Crippen molar-refractivity contribution in [1.82, 2.24) is 9.61 Å². The molecule has 0 aliphatic carbocycles. The highest BCUT2D eigenvalue weighted by Gasteiger charge is 2.22. The molecule has 0 saturated heterocycles. The van der Waals surface area contributed by atoms with Gasteiger partial charge in [0.05, 0.1) is 11.4 Å². The lowest BCUT2D eigenvalue weighted by atomic mass is 10.1. The molecule has 0 saturated carbocycles. The van der Waals surface area contributed by atoms with Crippen LogP contribution in [-0.4, -0.2) is 9.61 Å². The maximum Gasteiger partial charge on any atom is 0.365 e. The molecule has 0 spiro atoms. The second-order valence-corrected chi connectivity index (χ2v) is 7.85. The monoisotopic (exact) mass is 439 g/mol. The molecule has 5 nitrogen and oxygen atoms in total. The number of fused-ring (bicyclic) bond motifs is 1. The predicted molar refractivity (Wildman–Crippen MR) is 122 cm³/mol. The van der Waals surface area contributed by atoms with Crippen LogP contribution >= 0.6 is 11.6 Å². The number of benzene rings is 3. The summed E-state index contributed by atoms with van der Waals surface area (Å²) in [6, 6.07) is 29.6. The van der Waals surface area contributed by atoms with Gasteiger partial charge in [0.1, 0.15) is 11.4 Å². The number of rotatable bonds is 4. The summed E-state index contributed by atoms with van der Waals surface area (Å²) in [6.07, 6.45) is 0.215. The van der Waals surface area contributed by atoms with Gasteiger partial charge in [0, 0.05) is 23.1 Å². The Bertz CT molecular complexity index is 1470. The number of nitrogens with zero attached hydrogens (tertiary/aromatic N) is 3. The van der Waals surface area contributed by atoms with Crippen LogP contribution in [0.15, 0.2) is 102 Å². The Kier molecular flexibility index (Phi) is 5.17. The van der Waals surface area contributed by atoms with Gasteiger partial charge in [-0.2, -0.15) is 0 Å². The van der Waals surface area contributed by atoms with E-state index >= 15 is 0 Å². The molecule has 0 fully saturated rings. The van der Waals surface area contributed by atoms with Crippen LogP contribution in [0.3, 0.4) is 0 Å². The van der Waals surface area contributed by atoms with Gasteiger partial charge in [0.25, 0.3) is 0 Å². The smallest absolute Gasteiger partial charge is 0.365 e. The van der Waals surface area contributed by atoms with E-state index in [1.54, 1.807) is 30.3 Å². The molecular weight excluding hydrogens is 422 g/mol. The quantitative estimate of drug-likeness (QED) is 0.398. The minimum Gasteiger partial charge on any atom is -0.842 e. The van der Waals surface area contributed by atoms with Crippen molar-refractivity contribution in [1.29, 1.82) is 0 Å². The fourth-order valence-corrected chi connectivity index (χ4v) is 3.87. The lowest BCUT2D eigenvalue weighted by Gasteiger charge is -2.16. The van der Waals surface area contributed by atoms with Crippen LogP contribution in [0.4, 0.5) is 0 Å². The van der Waals surface area contributed by atoms with Gasteiger partial charge in [-0.1, -0.05) is 81.9 Å². The summed E-state index contributed by atoms with van der Waals surface area (Å²) >= 11 is 6.05. The van der Waals surface area contributed by atoms with Crippen LogP contribution in [0, 0.1) is 0 Å². The molecule has 5 rings (SSSR count). The van der Waals surface area contributed by atoms with Crippen molar-refractivity contribution in [3.8, 4) is 22.8 Å². The van der Waals surface area contributed by atoms with E-state index in [9.17, 15) is 9.90 Å². The van der Waals surface area contributed by atoms with E-state index in [1.807, 2.05) is 66.7 Å². The summed E-state index contributed by atoms with van der Waals surface area (Å²) < 4.78 is 2.83. The van der Waals surface area contributed by atoms with Crippen LogP contribution in [-0.2, 0) is 6.42 Å². The normalized spacial score (nSPS) is 11.0. The zero-order valence-corrected chi connectivity index (χ0v) is 17.7. The van der Waals surface area contributed by atoms with Gasteiger partial charge in [-0.25, -0.2) is 9.36 Å². The Hall–Kier alpha value is -3.96. The van der Waals surface area contributed by atoms with E-state index in [1.165, 1.54) is 9.08 Å². The zero-order valence-electron chi connectivity index (χ0n) is 17.0. The summed E-state index contributed by atoms with van der Waals surface area (Å²) in [5.74, 6) is -0.365. The zero-order chi connectivity index (χ0) is 22.1. The molecule has 156 valence electrons. The van der Waals surface area contributed by atoms with Crippen molar-refractivity contribution in [2.24, 2.45) is 0 Å². The van der Waals surface area contributed by atoms with Gasteiger partial charge >= 0.3 is 11.2 Å². The Morgan fingerprint density at radius 2 is 1.50 bits per heavy atom. The molecule has 3 aromatic carbocycles. The van der Waals surface area contributed by atoms with Gasteiger partial charge in [-0.3, -0.25) is 0 Å². The number of hydrogen-bond acceptors (Lipinski definition) is 3. The Balaban J connectivity index is 1.80. The summed E-state index contributed by atoms with van der Waals surface area (Å²) in [4.78, 5) is 13.4. The van der Waals surface area contributed by atoms with Crippen molar-refractivity contribution in [2.45, 2.75) is 6.42 Å². The summed E-state index contributed by atoms with van der Waals surface area (Å²) in [5.41, 5.74) is 3.14. The van der Waals surface area contributed by atoms with E-state index < -0.39 is 5.56 Å². The summed E-state index contributed by atoms with van der Waals surface area (Å²) in [5, 5.41) is 18.7. The fraction of sp³-hybridized carbons (Fsp3) is 0.0385. The highest BCUT2D eigenvalue weighted by Crippen LogP contribution is 2.19. The average Bonchev–Trinajstić information content (AvgIpc) is 2.84. The van der Waals surface area contributed by atoms with Crippen LogP contribution in [0.2, 0.25) is 5.02 Å².